The number of hydrogen-bond donors (Lipinski definition) is 2. The van der Waals surface area contributed by atoms with Crippen molar-refractivity contribution in [2.45, 2.75) is 39.3 Å². The van der Waals surface area contributed by atoms with Crippen LogP contribution in [0.1, 0.15) is 38.9 Å². The predicted octanol–water partition coefficient (Wildman–Crippen LogP) is 2.76. The molecule has 0 radical (unpaired) electrons. The van der Waals surface area contributed by atoms with E-state index in [0.717, 1.165) is 18.2 Å². The van der Waals surface area contributed by atoms with E-state index in [-0.39, 0.29) is 23.4 Å². The van der Waals surface area contributed by atoms with E-state index in [9.17, 15) is 13.9 Å². The lowest BCUT2D eigenvalue weighted by Crippen LogP contribution is -2.36. The lowest BCUT2D eigenvalue weighted by molar-refractivity contribution is 0.129. The van der Waals surface area contributed by atoms with Gasteiger partial charge in [-0.2, -0.15) is 0 Å². The summed E-state index contributed by atoms with van der Waals surface area (Å²) < 4.78 is 26.4. The summed E-state index contributed by atoms with van der Waals surface area (Å²) in [5.41, 5.74) is 5.67. The maximum Gasteiger partial charge on any atom is 0.129 e. The molecule has 0 aliphatic carbocycles. The first-order valence-corrected chi connectivity index (χ1v) is 5.60. The molecule has 96 valence electrons. The van der Waals surface area contributed by atoms with Crippen molar-refractivity contribution in [3.63, 3.8) is 0 Å². The number of halogens is 2. The normalized spacial score (nSPS) is 15.7. The maximum atomic E-state index is 13.4. The van der Waals surface area contributed by atoms with Crippen LogP contribution in [0.25, 0.3) is 0 Å². The van der Waals surface area contributed by atoms with Crippen molar-refractivity contribution >= 4 is 0 Å². The fraction of sp³-hybridized carbons (Fsp3) is 0.538. The highest BCUT2D eigenvalue weighted by Gasteiger charge is 2.25. The van der Waals surface area contributed by atoms with Gasteiger partial charge in [0.25, 0.3) is 0 Å². The highest BCUT2D eigenvalue weighted by molar-refractivity contribution is 5.21. The third-order valence-electron chi connectivity index (χ3n) is 2.91. The molecule has 0 saturated heterocycles. The lowest BCUT2D eigenvalue weighted by atomic mass is 9.83. The predicted molar refractivity (Wildman–Crippen MR) is 63.4 cm³/mol. The van der Waals surface area contributed by atoms with Gasteiger partial charge in [0.15, 0.2) is 0 Å². The Morgan fingerprint density at radius 1 is 1.29 bits per heavy atom. The Morgan fingerprint density at radius 3 is 2.41 bits per heavy atom. The molecule has 17 heavy (non-hydrogen) atoms. The monoisotopic (exact) mass is 243 g/mol. The van der Waals surface area contributed by atoms with E-state index >= 15 is 0 Å². The van der Waals surface area contributed by atoms with Crippen molar-refractivity contribution in [2.75, 3.05) is 0 Å². The molecule has 1 aromatic rings. The molecule has 2 atom stereocenters. The van der Waals surface area contributed by atoms with Gasteiger partial charge in [-0.1, -0.05) is 20.8 Å². The Hall–Kier alpha value is -1.00. The molecule has 4 heteroatoms. The van der Waals surface area contributed by atoms with E-state index in [1.165, 1.54) is 0 Å². The number of hydrogen-bond acceptors (Lipinski definition) is 2. The molecule has 1 aromatic carbocycles. The molecule has 0 aliphatic rings. The second kappa shape index (κ2) is 5.10. The van der Waals surface area contributed by atoms with Crippen LogP contribution < -0.4 is 5.73 Å². The Balaban J connectivity index is 2.83. The van der Waals surface area contributed by atoms with Crippen LogP contribution in [0.2, 0.25) is 0 Å². The quantitative estimate of drug-likeness (QED) is 0.857. The van der Waals surface area contributed by atoms with E-state index in [2.05, 4.69) is 0 Å². The molecule has 0 aliphatic heterocycles. The molecule has 0 fully saturated rings. The SMILES string of the molecule is CC(C)(C)[C@H](N)C[C@H](O)c1cc(F)ccc1F. The van der Waals surface area contributed by atoms with Crippen molar-refractivity contribution in [3.8, 4) is 0 Å². The Morgan fingerprint density at radius 2 is 1.88 bits per heavy atom. The van der Waals surface area contributed by atoms with Gasteiger partial charge in [0.2, 0.25) is 0 Å². The zero-order valence-electron chi connectivity index (χ0n) is 10.4. The summed E-state index contributed by atoms with van der Waals surface area (Å²) in [6.07, 6.45) is -0.885. The van der Waals surface area contributed by atoms with Crippen LogP contribution in [0.5, 0.6) is 0 Å². The summed E-state index contributed by atoms with van der Waals surface area (Å²) >= 11 is 0. The van der Waals surface area contributed by atoms with Gasteiger partial charge in [0, 0.05) is 11.6 Å². The molecule has 0 spiro atoms. The van der Waals surface area contributed by atoms with Crippen LogP contribution in [-0.4, -0.2) is 11.1 Å². The number of aliphatic hydroxyl groups is 1. The molecule has 0 heterocycles. The molecule has 0 aromatic heterocycles. The van der Waals surface area contributed by atoms with Crippen LogP contribution in [0, 0.1) is 17.0 Å². The second-order valence-electron chi connectivity index (χ2n) is 5.39. The average Bonchev–Trinajstić information content (AvgIpc) is 2.20. The minimum absolute atomic E-state index is 0.0373. The van der Waals surface area contributed by atoms with Crippen molar-refractivity contribution in [3.05, 3.63) is 35.4 Å². The highest BCUT2D eigenvalue weighted by Crippen LogP contribution is 2.28. The lowest BCUT2D eigenvalue weighted by Gasteiger charge is -2.29. The van der Waals surface area contributed by atoms with Crippen molar-refractivity contribution < 1.29 is 13.9 Å². The smallest absolute Gasteiger partial charge is 0.129 e. The van der Waals surface area contributed by atoms with E-state index in [0.29, 0.717) is 0 Å². The summed E-state index contributed by atoms with van der Waals surface area (Å²) in [5.74, 6) is -1.18. The number of rotatable bonds is 3. The molecular weight excluding hydrogens is 224 g/mol. The van der Waals surface area contributed by atoms with Crippen LogP contribution in [0.4, 0.5) is 8.78 Å². The van der Waals surface area contributed by atoms with Crippen LogP contribution in [-0.2, 0) is 0 Å². The van der Waals surface area contributed by atoms with Crippen molar-refractivity contribution in [1.82, 2.24) is 0 Å². The zero-order chi connectivity index (χ0) is 13.2. The number of nitrogens with two attached hydrogens (primary N) is 1. The van der Waals surface area contributed by atoms with Gasteiger partial charge < -0.3 is 10.8 Å². The summed E-state index contributed by atoms with van der Waals surface area (Å²) in [4.78, 5) is 0. The minimum atomic E-state index is -1.08. The fourth-order valence-electron chi connectivity index (χ4n) is 1.49. The first-order valence-electron chi connectivity index (χ1n) is 5.60. The van der Waals surface area contributed by atoms with E-state index in [1.54, 1.807) is 0 Å². The van der Waals surface area contributed by atoms with Gasteiger partial charge in [-0.15, -0.1) is 0 Å². The highest BCUT2D eigenvalue weighted by atomic mass is 19.1. The van der Waals surface area contributed by atoms with E-state index < -0.39 is 17.7 Å². The first-order chi connectivity index (χ1) is 7.71. The van der Waals surface area contributed by atoms with E-state index in [1.807, 2.05) is 20.8 Å². The van der Waals surface area contributed by atoms with Gasteiger partial charge in [0.1, 0.15) is 11.6 Å². The first kappa shape index (κ1) is 14.1. The molecule has 0 amide bonds. The molecule has 0 saturated carbocycles. The Labute approximate surface area is 100 Å². The standard InChI is InChI=1S/C13H19F2NO/c1-13(2,3)12(16)7-11(17)9-6-8(14)4-5-10(9)15/h4-6,11-12,17H,7,16H2,1-3H3/t11-,12+/m0/s1. The molecule has 2 nitrogen and oxygen atoms in total. The maximum absolute atomic E-state index is 13.4. The molecule has 0 bridgehead atoms. The topological polar surface area (TPSA) is 46.2 Å². The third kappa shape index (κ3) is 3.75. The molecular formula is C13H19F2NO. The summed E-state index contributed by atoms with van der Waals surface area (Å²) in [6.45, 7) is 5.81. The molecule has 1 rings (SSSR count). The Kier molecular flexibility index (Phi) is 4.22. The van der Waals surface area contributed by atoms with Crippen molar-refractivity contribution in [2.24, 2.45) is 11.1 Å². The van der Waals surface area contributed by atoms with Crippen molar-refractivity contribution in [1.29, 1.82) is 0 Å². The van der Waals surface area contributed by atoms with Crippen LogP contribution in [0.15, 0.2) is 18.2 Å². The number of aliphatic hydroxyl groups excluding tert-OH is 1. The largest absolute Gasteiger partial charge is 0.388 e. The van der Waals surface area contributed by atoms with E-state index in [4.69, 9.17) is 5.73 Å². The van der Waals surface area contributed by atoms with Gasteiger partial charge in [0.05, 0.1) is 6.10 Å². The second-order valence-corrected chi connectivity index (χ2v) is 5.39. The average molecular weight is 243 g/mol. The summed E-state index contributed by atoms with van der Waals surface area (Å²) in [5, 5.41) is 9.87. The third-order valence-corrected chi connectivity index (χ3v) is 2.91. The van der Waals surface area contributed by atoms with Gasteiger partial charge in [-0.3, -0.25) is 0 Å². The molecule has 0 unspecified atom stereocenters. The Bertz CT molecular complexity index is 387. The van der Waals surface area contributed by atoms with Gasteiger partial charge in [-0.25, -0.2) is 8.78 Å². The fourth-order valence-corrected chi connectivity index (χ4v) is 1.49. The van der Waals surface area contributed by atoms with Gasteiger partial charge >= 0.3 is 0 Å². The number of benzene rings is 1. The molecule has 3 N–H and O–H groups in total. The van der Waals surface area contributed by atoms with Crippen LogP contribution in [0.3, 0.4) is 0 Å². The van der Waals surface area contributed by atoms with Crippen LogP contribution >= 0.6 is 0 Å². The summed E-state index contributed by atoms with van der Waals surface area (Å²) in [6, 6.07) is 2.75. The summed E-state index contributed by atoms with van der Waals surface area (Å²) in [7, 11) is 0. The zero-order valence-corrected chi connectivity index (χ0v) is 10.4. The van der Waals surface area contributed by atoms with Gasteiger partial charge in [-0.05, 0) is 30.0 Å². The minimum Gasteiger partial charge on any atom is -0.388 e.